The van der Waals surface area contributed by atoms with Crippen molar-refractivity contribution in [3.63, 3.8) is 0 Å². The molecule has 0 bridgehead atoms. The van der Waals surface area contributed by atoms with Crippen molar-refractivity contribution >= 4 is 11.9 Å². The molecule has 5 atom stereocenters. The number of aliphatic hydroxyl groups is 3. The minimum atomic E-state index is -1.93. The molecule has 0 aliphatic carbocycles. The molecule has 0 aromatic heterocycles. The lowest BCUT2D eigenvalue weighted by Gasteiger charge is -2.34. The quantitative estimate of drug-likeness (QED) is 0.431. The first-order valence-electron chi connectivity index (χ1n) is 5.33. The third kappa shape index (κ3) is 2.05. The standard InChI is InChI=1S/C9H13FN2O6/c10-3-1-12(9(17)11-7(3)16)8-6(15)5(14)4(2-13)18-8/h3-6,8,13-15H,1-2H2,(H,11,16,17). The lowest BCUT2D eigenvalue weighted by molar-refractivity contribution is -0.132. The van der Waals surface area contributed by atoms with Gasteiger partial charge in [-0.15, -0.1) is 0 Å². The van der Waals surface area contributed by atoms with Crippen LogP contribution >= 0.6 is 0 Å². The summed E-state index contributed by atoms with van der Waals surface area (Å²) in [6.45, 7) is -1.13. The van der Waals surface area contributed by atoms with E-state index < -0.39 is 55.8 Å². The largest absolute Gasteiger partial charge is 0.394 e. The smallest absolute Gasteiger partial charge is 0.326 e. The van der Waals surface area contributed by atoms with E-state index in [1.165, 1.54) is 0 Å². The first kappa shape index (κ1) is 13.1. The van der Waals surface area contributed by atoms with Gasteiger partial charge >= 0.3 is 6.03 Å². The number of carbonyl (C=O) groups is 2. The second-order valence-corrected chi connectivity index (χ2v) is 4.14. The normalized spacial score (nSPS) is 41.1. The van der Waals surface area contributed by atoms with Crippen LogP contribution in [0.2, 0.25) is 0 Å². The Labute approximate surface area is 101 Å². The predicted octanol–water partition coefficient (Wildman–Crippen LogP) is -2.68. The maximum Gasteiger partial charge on any atom is 0.326 e. The van der Waals surface area contributed by atoms with Gasteiger partial charge in [0.2, 0.25) is 0 Å². The molecule has 3 amide bonds. The molecule has 0 radical (unpaired) electrons. The molecule has 0 spiro atoms. The summed E-state index contributed by atoms with van der Waals surface area (Å²) in [6, 6.07) is -0.913. The van der Waals surface area contributed by atoms with Crippen LogP contribution in [0.1, 0.15) is 0 Å². The Hall–Kier alpha value is -1.29. The Morgan fingerprint density at radius 2 is 2.06 bits per heavy atom. The molecular formula is C9H13FN2O6. The molecule has 5 unspecified atom stereocenters. The highest BCUT2D eigenvalue weighted by molar-refractivity contribution is 5.99. The third-order valence-electron chi connectivity index (χ3n) is 2.96. The van der Waals surface area contributed by atoms with Gasteiger partial charge < -0.3 is 20.1 Å². The van der Waals surface area contributed by atoms with E-state index in [4.69, 9.17) is 9.84 Å². The topological polar surface area (TPSA) is 119 Å². The number of urea groups is 1. The van der Waals surface area contributed by atoms with Crippen LogP contribution in [-0.2, 0) is 9.53 Å². The molecule has 2 heterocycles. The molecule has 2 fully saturated rings. The maximum absolute atomic E-state index is 13.2. The summed E-state index contributed by atoms with van der Waals surface area (Å²) in [6.07, 6.45) is -7.16. The number of hydrogen-bond acceptors (Lipinski definition) is 6. The van der Waals surface area contributed by atoms with E-state index in [-0.39, 0.29) is 0 Å². The van der Waals surface area contributed by atoms with Crippen LogP contribution in [-0.4, -0.2) is 76.0 Å². The van der Waals surface area contributed by atoms with Gasteiger partial charge in [0.05, 0.1) is 13.2 Å². The molecule has 4 N–H and O–H groups in total. The van der Waals surface area contributed by atoms with Gasteiger partial charge in [0.1, 0.15) is 18.3 Å². The summed E-state index contributed by atoms with van der Waals surface area (Å²) in [7, 11) is 0. The van der Waals surface area contributed by atoms with Gasteiger partial charge in [-0.25, -0.2) is 9.18 Å². The van der Waals surface area contributed by atoms with Crippen LogP contribution in [0, 0.1) is 0 Å². The summed E-state index contributed by atoms with van der Waals surface area (Å²) in [5.74, 6) is -1.05. The second kappa shape index (κ2) is 4.76. The summed E-state index contributed by atoms with van der Waals surface area (Å²) >= 11 is 0. The Morgan fingerprint density at radius 3 is 2.61 bits per heavy atom. The highest BCUT2D eigenvalue weighted by Gasteiger charge is 2.49. The van der Waals surface area contributed by atoms with Crippen molar-refractivity contribution in [2.24, 2.45) is 0 Å². The fourth-order valence-corrected chi connectivity index (χ4v) is 1.95. The summed E-state index contributed by atoms with van der Waals surface area (Å²) in [4.78, 5) is 23.2. The van der Waals surface area contributed by atoms with Crippen molar-refractivity contribution in [3.8, 4) is 0 Å². The maximum atomic E-state index is 13.2. The van der Waals surface area contributed by atoms with Crippen LogP contribution in [0.4, 0.5) is 9.18 Å². The third-order valence-corrected chi connectivity index (χ3v) is 2.96. The fourth-order valence-electron chi connectivity index (χ4n) is 1.95. The Morgan fingerprint density at radius 1 is 1.39 bits per heavy atom. The van der Waals surface area contributed by atoms with Crippen LogP contribution in [0.5, 0.6) is 0 Å². The first-order valence-corrected chi connectivity index (χ1v) is 5.33. The molecule has 102 valence electrons. The second-order valence-electron chi connectivity index (χ2n) is 4.14. The SMILES string of the molecule is O=C1NC(=O)N(C2OC(CO)C(O)C2O)CC1F. The van der Waals surface area contributed by atoms with E-state index in [2.05, 4.69) is 0 Å². The number of carbonyl (C=O) groups excluding carboxylic acids is 2. The monoisotopic (exact) mass is 264 g/mol. The van der Waals surface area contributed by atoms with Crippen molar-refractivity contribution in [1.82, 2.24) is 10.2 Å². The Balaban J connectivity index is 2.12. The molecule has 9 heteroatoms. The predicted molar refractivity (Wildman–Crippen MR) is 52.9 cm³/mol. The minimum absolute atomic E-state index is 0.553. The molecule has 2 saturated heterocycles. The Bertz CT molecular complexity index is 367. The molecular weight excluding hydrogens is 251 g/mol. The lowest BCUT2D eigenvalue weighted by Crippen LogP contribution is -2.60. The molecule has 0 aromatic carbocycles. The Kier molecular flexibility index (Phi) is 3.48. The fraction of sp³-hybridized carbons (Fsp3) is 0.778. The zero-order valence-corrected chi connectivity index (χ0v) is 9.19. The number of nitrogens with one attached hydrogen (secondary N) is 1. The molecule has 18 heavy (non-hydrogen) atoms. The van der Waals surface area contributed by atoms with E-state index in [0.717, 1.165) is 4.90 Å². The number of halogens is 1. The first-order chi connectivity index (χ1) is 8.45. The van der Waals surface area contributed by atoms with Gasteiger partial charge in [-0.2, -0.15) is 0 Å². The zero-order valence-electron chi connectivity index (χ0n) is 9.19. The van der Waals surface area contributed by atoms with E-state index in [1.54, 1.807) is 5.32 Å². The van der Waals surface area contributed by atoms with Crippen LogP contribution in [0.25, 0.3) is 0 Å². The van der Waals surface area contributed by atoms with Crippen molar-refractivity contribution < 1.29 is 34.0 Å². The molecule has 2 rings (SSSR count). The van der Waals surface area contributed by atoms with E-state index in [0.29, 0.717) is 0 Å². The highest BCUT2D eigenvalue weighted by atomic mass is 19.1. The number of aliphatic hydroxyl groups excluding tert-OH is 3. The van der Waals surface area contributed by atoms with E-state index in [1.807, 2.05) is 0 Å². The van der Waals surface area contributed by atoms with E-state index in [9.17, 15) is 24.2 Å². The summed E-state index contributed by atoms with van der Waals surface area (Å²) in [5.41, 5.74) is 0. The molecule has 2 aliphatic rings. The van der Waals surface area contributed by atoms with Gasteiger partial charge in [0.25, 0.3) is 5.91 Å². The lowest BCUT2D eigenvalue weighted by atomic mass is 10.1. The van der Waals surface area contributed by atoms with Gasteiger partial charge in [0.15, 0.2) is 12.4 Å². The van der Waals surface area contributed by atoms with Gasteiger partial charge in [-0.1, -0.05) is 0 Å². The number of amides is 3. The number of hydrogen-bond donors (Lipinski definition) is 4. The number of imide groups is 1. The average molecular weight is 264 g/mol. The zero-order chi connectivity index (χ0) is 13.4. The number of rotatable bonds is 2. The summed E-state index contributed by atoms with van der Waals surface area (Å²) in [5, 5.41) is 29.8. The van der Waals surface area contributed by atoms with Gasteiger partial charge in [-0.05, 0) is 0 Å². The summed E-state index contributed by atoms with van der Waals surface area (Å²) < 4.78 is 18.3. The molecule has 0 saturated carbocycles. The van der Waals surface area contributed by atoms with Crippen molar-refractivity contribution in [2.75, 3.05) is 13.2 Å². The number of alkyl halides is 1. The highest BCUT2D eigenvalue weighted by Crippen LogP contribution is 2.25. The van der Waals surface area contributed by atoms with Gasteiger partial charge in [0, 0.05) is 0 Å². The van der Waals surface area contributed by atoms with Gasteiger partial charge in [-0.3, -0.25) is 15.0 Å². The number of ether oxygens (including phenoxy) is 1. The van der Waals surface area contributed by atoms with Crippen molar-refractivity contribution in [2.45, 2.75) is 30.7 Å². The van der Waals surface area contributed by atoms with Crippen LogP contribution < -0.4 is 5.32 Å². The molecule has 0 aromatic rings. The van der Waals surface area contributed by atoms with Crippen molar-refractivity contribution in [3.05, 3.63) is 0 Å². The van der Waals surface area contributed by atoms with Crippen molar-refractivity contribution in [1.29, 1.82) is 0 Å². The van der Waals surface area contributed by atoms with Crippen LogP contribution in [0.15, 0.2) is 0 Å². The van der Waals surface area contributed by atoms with E-state index >= 15 is 0 Å². The number of nitrogens with zero attached hydrogens (tertiary/aromatic N) is 1. The molecule has 2 aliphatic heterocycles. The van der Waals surface area contributed by atoms with Crippen LogP contribution in [0.3, 0.4) is 0 Å². The minimum Gasteiger partial charge on any atom is -0.394 e. The molecule has 8 nitrogen and oxygen atoms in total. The average Bonchev–Trinajstić information content (AvgIpc) is 2.61.